The molecule has 1 nitrogen and oxygen atoms in total. The van der Waals surface area contributed by atoms with Crippen LogP contribution >= 0.6 is 11.3 Å². The third-order valence-electron chi connectivity index (χ3n) is 2.25. The molecule has 86 valence electrons. The highest BCUT2D eigenvalue weighted by molar-refractivity contribution is 7.19. The van der Waals surface area contributed by atoms with Crippen LogP contribution in [0.4, 0.5) is 13.2 Å². The maximum atomic E-state index is 12.5. The van der Waals surface area contributed by atoms with Crippen LogP contribution in [0.2, 0.25) is 0 Å². The lowest BCUT2D eigenvalue weighted by Gasteiger charge is -2.05. The molecule has 0 fully saturated rings. The second-order valence-electron chi connectivity index (χ2n) is 3.49. The SMILES string of the molecule is CNCc1cc2ccc(C(F)(F)F)cc2s1. The molecule has 2 rings (SSSR count). The van der Waals surface area contributed by atoms with Gasteiger partial charge >= 0.3 is 6.18 Å². The van der Waals surface area contributed by atoms with Crippen molar-refractivity contribution in [2.45, 2.75) is 12.7 Å². The molecular formula is C11H10F3NS. The lowest BCUT2D eigenvalue weighted by Crippen LogP contribution is -2.03. The Bertz CT molecular complexity index is 501. The van der Waals surface area contributed by atoms with Gasteiger partial charge in [-0.05, 0) is 30.6 Å². The largest absolute Gasteiger partial charge is 0.416 e. The fourth-order valence-electron chi connectivity index (χ4n) is 1.52. The van der Waals surface area contributed by atoms with Gasteiger partial charge in [0.25, 0.3) is 0 Å². The summed E-state index contributed by atoms with van der Waals surface area (Å²) in [5, 5.41) is 3.84. The van der Waals surface area contributed by atoms with E-state index in [0.717, 1.165) is 16.3 Å². The minimum absolute atomic E-state index is 0.585. The number of benzene rings is 1. The molecule has 0 amide bonds. The van der Waals surface area contributed by atoms with Crippen LogP contribution in [0.5, 0.6) is 0 Å². The molecule has 1 aromatic carbocycles. The molecule has 1 aromatic heterocycles. The van der Waals surface area contributed by atoms with E-state index >= 15 is 0 Å². The maximum Gasteiger partial charge on any atom is 0.416 e. The number of hydrogen-bond donors (Lipinski definition) is 1. The Morgan fingerprint density at radius 3 is 2.62 bits per heavy atom. The first kappa shape index (κ1) is 11.4. The first-order valence-electron chi connectivity index (χ1n) is 4.75. The number of rotatable bonds is 2. The Balaban J connectivity index is 2.46. The quantitative estimate of drug-likeness (QED) is 0.851. The van der Waals surface area contributed by atoms with Crippen LogP contribution in [0.1, 0.15) is 10.4 Å². The van der Waals surface area contributed by atoms with Crippen LogP contribution in [-0.4, -0.2) is 7.05 Å². The van der Waals surface area contributed by atoms with Crippen molar-refractivity contribution in [3.63, 3.8) is 0 Å². The molecule has 0 unspecified atom stereocenters. The summed E-state index contributed by atoms with van der Waals surface area (Å²) in [7, 11) is 1.81. The van der Waals surface area contributed by atoms with Crippen molar-refractivity contribution in [1.82, 2.24) is 5.32 Å². The third kappa shape index (κ3) is 2.20. The Labute approximate surface area is 94.9 Å². The van der Waals surface area contributed by atoms with E-state index in [2.05, 4.69) is 5.32 Å². The van der Waals surface area contributed by atoms with Gasteiger partial charge in [-0.1, -0.05) is 6.07 Å². The van der Waals surface area contributed by atoms with Crippen molar-refractivity contribution >= 4 is 21.4 Å². The van der Waals surface area contributed by atoms with Crippen molar-refractivity contribution in [2.75, 3.05) is 7.05 Å². The highest BCUT2D eigenvalue weighted by atomic mass is 32.1. The van der Waals surface area contributed by atoms with Crippen molar-refractivity contribution in [3.8, 4) is 0 Å². The number of thiophene rings is 1. The number of hydrogen-bond acceptors (Lipinski definition) is 2. The summed E-state index contributed by atoms with van der Waals surface area (Å²) in [4.78, 5) is 1.04. The van der Waals surface area contributed by atoms with Crippen LogP contribution in [0, 0.1) is 0 Å². The summed E-state index contributed by atoms with van der Waals surface area (Å²) in [5.41, 5.74) is -0.585. The van der Waals surface area contributed by atoms with E-state index < -0.39 is 11.7 Å². The molecular weight excluding hydrogens is 235 g/mol. The van der Waals surface area contributed by atoms with E-state index in [1.165, 1.54) is 23.5 Å². The maximum absolute atomic E-state index is 12.5. The molecule has 0 radical (unpaired) electrons. The Kier molecular flexibility index (Phi) is 2.90. The fourth-order valence-corrected chi connectivity index (χ4v) is 2.64. The van der Waals surface area contributed by atoms with Gasteiger partial charge in [0.1, 0.15) is 0 Å². The Morgan fingerprint density at radius 2 is 2.00 bits per heavy atom. The molecule has 1 N–H and O–H groups in total. The summed E-state index contributed by atoms with van der Waals surface area (Å²) in [5.74, 6) is 0. The Morgan fingerprint density at radius 1 is 1.25 bits per heavy atom. The number of alkyl halides is 3. The van der Waals surface area contributed by atoms with Gasteiger partial charge in [0.2, 0.25) is 0 Å². The van der Waals surface area contributed by atoms with Crippen molar-refractivity contribution < 1.29 is 13.2 Å². The number of halogens is 3. The fraction of sp³-hybridized carbons (Fsp3) is 0.273. The smallest absolute Gasteiger partial charge is 0.315 e. The summed E-state index contributed by atoms with van der Waals surface area (Å²) in [6.45, 7) is 0.681. The molecule has 0 aliphatic heterocycles. The zero-order valence-corrected chi connectivity index (χ0v) is 9.38. The summed E-state index contributed by atoms with van der Waals surface area (Å²) < 4.78 is 38.1. The lowest BCUT2D eigenvalue weighted by atomic mass is 10.1. The molecule has 0 aliphatic carbocycles. The van der Waals surface area contributed by atoms with Crippen LogP contribution < -0.4 is 5.32 Å². The van der Waals surface area contributed by atoms with Crippen molar-refractivity contribution in [2.24, 2.45) is 0 Å². The second kappa shape index (κ2) is 4.07. The highest BCUT2D eigenvalue weighted by Crippen LogP contribution is 2.34. The first-order valence-corrected chi connectivity index (χ1v) is 5.56. The molecule has 2 aromatic rings. The summed E-state index contributed by atoms with van der Waals surface area (Å²) in [6, 6.07) is 5.77. The van der Waals surface area contributed by atoms with Gasteiger partial charge in [-0.3, -0.25) is 0 Å². The highest BCUT2D eigenvalue weighted by Gasteiger charge is 2.30. The van der Waals surface area contributed by atoms with Crippen LogP contribution in [0.25, 0.3) is 10.1 Å². The molecule has 16 heavy (non-hydrogen) atoms. The molecule has 0 bridgehead atoms. The number of fused-ring (bicyclic) bond motifs is 1. The summed E-state index contributed by atoms with van der Waals surface area (Å²) >= 11 is 1.39. The molecule has 0 aliphatic rings. The molecule has 0 atom stereocenters. The van der Waals surface area contributed by atoms with Gasteiger partial charge in [-0.2, -0.15) is 13.2 Å². The van der Waals surface area contributed by atoms with E-state index in [4.69, 9.17) is 0 Å². The van der Waals surface area contributed by atoms with Gasteiger partial charge in [-0.25, -0.2) is 0 Å². The average Bonchev–Trinajstić information content (AvgIpc) is 2.57. The predicted octanol–water partition coefficient (Wildman–Crippen LogP) is 3.64. The first-order chi connectivity index (χ1) is 7.50. The van der Waals surface area contributed by atoms with Gasteiger partial charge in [0.15, 0.2) is 0 Å². The van der Waals surface area contributed by atoms with E-state index in [-0.39, 0.29) is 0 Å². The van der Waals surface area contributed by atoms with Crippen LogP contribution in [0.15, 0.2) is 24.3 Å². The molecule has 5 heteroatoms. The standard InChI is InChI=1S/C11H10F3NS/c1-15-6-9-4-7-2-3-8(11(12,13)14)5-10(7)16-9/h2-5,15H,6H2,1H3. The van der Waals surface area contributed by atoms with E-state index in [0.29, 0.717) is 11.2 Å². The predicted molar refractivity (Wildman–Crippen MR) is 59.6 cm³/mol. The normalized spacial score (nSPS) is 12.2. The zero-order chi connectivity index (χ0) is 11.8. The van der Waals surface area contributed by atoms with E-state index in [9.17, 15) is 13.2 Å². The summed E-state index contributed by atoms with van der Waals surface area (Å²) in [6.07, 6.45) is -4.26. The number of nitrogens with one attached hydrogen (secondary N) is 1. The van der Waals surface area contributed by atoms with Crippen LogP contribution in [-0.2, 0) is 12.7 Å². The van der Waals surface area contributed by atoms with Gasteiger partial charge < -0.3 is 5.32 Å². The minimum Gasteiger partial charge on any atom is -0.315 e. The lowest BCUT2D eigenvalue weighted by molar-refractivity contribution is -0.137. The third-order valence-corrected chi connectivity index (χ3v) is 3.35. The van der Waals surface area contributed by atoms with Gasteiger partial charge in [-0.15, -0.1) is 11.3 Å². The van der Waals surface area contributed by atoms with Crippen molar-refractivity contribution in [3.05, 3.63) is 34.7 Å². The molecule has 0 saturated carbocycles. The topological polar surface area (TPSA) is 12.0 Å². The molecule has 0 saturated heterocycles. The average molecular weight is 245 g/mol. The Hall–Kier alpha value is -1.07. The second-order valence-corrected chi connectivity index (χ2v) is 4.66. The zero-order valence-electron chi connectivity index (χ0n) is 8.56. The molecule has 1 heterocycles. The minimum atomic E-state index is -4.26. The van der Waals surface area contributed by atoms with E-state index in [1.54, 1.807) is 0 Å². The van der Waals surface area contributed by atoms with E-state index in [1.807, 2.05) is 13.1 Å². The van der Waals surface area contributed by atoms with Crippen LogP contribution in [0.3, 0.4) is 0 Å². The monoisotopic (exact) mass is 245 g/mol. The van der Waals surface area contributed by atoms with Gasteiger partial charge in [0, 0.05) is 16.1 Å². The van der Waals surface area contributed by atoms with Crippen molar-refractivity contribution in [1.29, 1.82) is 0 Å². The molecule has 0 spiro atoms. The van der Waals surface area contributed by atoms with Gasteiger partial charge in [0.05, 0.1) is 5.56 Å².